The van der Waals surface area contributed by atoms with Gasteiger partial charge >= 0.3 is 0 Å². The summed E-state index contributed by atoms with van der Waals surface area (Å²) < 4.78 is 0. The van der Waals surface area contributed by atoms with Gasteiger partial charge in [-0.25, -0.2) is 0 Å². The Kier molecular flexibility index (Phi) is 4.34. The summed E-state index contributed by atoms with van der Waals surface area (Å²) in [4.78, 5) is 0. The van der Waals surface area contributed by atoms with Gasteiger partial charge in [-0.15, -0.1) is 0 Å². The van der Waals surface area contributed by atoms with Gasteiger partial charge in [0.25, 0.3) is 0 Å². The van der Waals surface area contributed by atoms with E-state index in [0.717, 1.165) is 11.1 Å². The highest BCUT2D eigenvalue weighted by Gasteiger charge is 2.09. The van der Waals surface area contributed by atoms with Crippen molar-refractivity contribution in [1.29, 1.82) is 15.8 Å². The van der Waals surface area contributed by atoms with E-state index >= 15 is 0 Å². The highest BCUT2D eigenvalue weighted by Crippen LogP contribution is 2.28. The van der Waals surface area contributed by atoms with Gasteiger partial charge in [-0.3, -0.25) is 0 Å². The number of allylic oxidation sites excluding steroid dienone is 2. The van der Waals surface area contributed by atoms with Crippen LogP contribution in [0.1, 0.15) is 0 Å². The fraction of sp³-hybridized carbons (Fsp3) is 0. The second-order valence-corrected chi connectivity index (χ2v) is 4.12. The zero-order chi connectivity index (χ0) is 15.1. The van der Waals surface area contributed by atoms with Crippen molar-refractivity contribution in [3.8, 4) is 29.3 Å². The van der Waals surface area contributed by atoms with Crippen molar-refractivity contribution in [2.45, 2.75) is 0 Å². The maximum Gasteiger partial charge on any atom is 0.163 e. The van der Waals surface area contributed by atoms with E-state index in [0.29, 0.717) is 5.69 Å². The lowest BCUT2D eigenvalue weighted by Gasteiger charge is -2.11. The predicted octanol–water partition coefficient (Wildman–Crippen LogP) is 3.59. The molecule has 0 saturated heterocycles. The van der Waals surface area contributed by atoms with Crippen LogP contribution in [0.25, 0.3) is 11.1 Å². The van der Waals surface area contributed by atoms with Crippen molar-refractivity contribution < 1.29 is 0 Å². The number of anilines is 1. The smallest absolute Gasteiger partial charge is 0.163 e. The van der Waals surface area contributed by atoms with Gasteiger partial charge < -0.3 is 5.32 Å². The Labute approximate surface area is 122 Å². The molecule has 1 N–H and O–H groups in total. The molecule has 0 aromatic heterocycles. The van der Waals surface area contributed by atoms with E-state index < -0.39 is 0 Å². The SMILES string of the molecule is N#CC(C#N)=C(C#N)Nc1ccccc1-c1ccccc1. The van der Waals surface area contributed by atoms with Crippen LogP contribution in [-0.4, -0.2) is 0 Å². The Morgan fingerprint density at radius 1 is 0.762 bits per heavy atom. The van der Waals surface area contributed by atoms with E-state index in [2.05, 4.69) is 5.32 Å². The van der Waals surface area contributed by atoms with Gasteiger partial charge in [-0.2, -0.15) is 15.8 Å². The first-order chi connectivity index (χ1) is 10.3. The molecule has 4 nitrogen and oxygen atoms in total. The van der Waals surface area contributed by atoms with Crippen LogP contribution < -0.4 is 5.32 Å². The summed E-state index contributed by atoms with van der Waals surface area (Å²) in [6.45, 7) is 0. The summed E-state index contributed by atoms with van der Waals surface area (Å²) in [6.07, 6.45) is 0. The highest BCUT2D eigenvalue weighted by molar-refractivity contribution is 5.79. The molecule has 2 rings (SSSR count). The highest BCUT2D eigenvalue weighted by atomic mass is 14.9. The molecule has 0 heterocycles. The number of hydrogen-bond acceptors (Lipinski definition) is 4. The molecule has 21 heavy (non-hydrogen) atoms. The normalized spacial score (nSPS) is 8.81. The summed E-state index contributed by atoms with van der Waals surface area (Å²) in [6, 6.07) is 22.4. The van der Waals surface area contributed by atoms with Crippen LogP contribution in [0.2, 0.25) is 0 Å². The van der Waals surface area contributed by atoms with Gasteiger partial charge in [0.1, 0.15) is 23.9 Å². The number of benzene rings is 2. The fourth-order valence-corrected chi connectivity index (χ4v) is 1.88. The van der Waals surface area contributed by atoms with Crippen molar-refractivity contribution in [2.24, 2.45) is 0 Å². The van der Waals surface area contributed by atoms with Gasteiger partial charge in [0.15, 0.2) is 5.57 Å². The molecule has 0 saturated carbocycles. The molecule has 0 radical (unpaired) electrons. The van der Waals surface area contributed by atoms with Gasteiger partial charge in [0.05, 0.1) is 0 Å². The molecule has 0 bridgehead atoms. The van der Waals surface area contributed by atoms with E-state index in [1.54, 1.807) is 18.2 Å². The lowest BCUT2D eigenvalue weighted by atomic mass is 10.0. The van der Waals surface area contributed by atoms with E-state index in [-0.39, 0.29) is 11.3 Å². The molecular weight excluding hydrogens is 260 g/mol. The van der Waals surface area contributed by atoms with Crippen LogP contribution in [0.15, 0.2) is 65.9 Å². The number of hydrogen-bond donors (Lipinski definition) is 1. The summed E-state index contributed by atoms with van der Waals surface area (Å²) in [7, 11) is 0. The minimum Gasteiger partial charge on any atom is -0.345 e. The first kappa shape index (κ1) is 13.9. The first-order valence-electron chi connectivity index (χ1n) is 6.16. The van der Waals surface area contributed by atoms with E-state index in [1.165, 1.54) is 0 Å². The number of nitrogens with zero attached hydrogens (tertiary/aromatic N) is 3. The standard InChI is InChI=1S/C17H10N4/c18-10-14(11-19)17(12-20)21-16-9-5-4-8-15(16)13-6-2-1-3-7-13/h1-9,21H. The minimum atomic E-state index is -0.236. The molecule has 2 aromatic carbocycles. The number of rotatable bonds is 3. The summed E-state index contributed by atoms with van der Waals surface area (Å²) in [5.41, 5.74) is 2.25. The van der Waals surface area contributed by atoms with Crippen molar-refractivity contribution in [1.82, 2.24) is 0 Å². The van der Waals surface area contributed by atoms with E-state index in [1.807, 2.05) is 54.6 Å². The Morgan fingerprint density at radius 3 is 2.00 bits per heavy atom. The zero-order valence-electron chi connectivity index (χ0n) is 11.0. The van der Waals surface area contributed by atoms with Crippen LogP contribution in [0.3, 0.4) is 0 Å². The first-order valence-corrected chi connectivity index (χ1v) is 6.16. The lowest BCUT2D eigenvalue weighted by Crippen LogP contribution is -2.02. The molecule has 0 atom stereocenters. The molecule has 98 valence electrons. The maximum atomic E-state index is 9.11. The quantitative estimate of drug-likeness (QED) is 0.864. The Balaban J connectivity index is 2.49. The third kappa shape index (κ3) is 3.07. The van der Waals surface area contributed by atoms with Crippen molar-refractivity contribution >= 4 is 5.69 Å². The van der Waals surface area contributed by atoms with E-state index in [4.69, 9.17) is 15.8 Å². The molecule has 0 aliphatic carbocycles. The average molecular weight is 270 g/mol. The number of nitrogens with one attached hydrogen (secondary N) is 1. The molecule has 0 aliphatic heterocycles. The van der Waals surface area contributed by atoms with Crippen molar-refractivity contribution in [2.75, 3.05) is 5.32 Å². The molecular formula is C17H10N4. The summed E-state index contributed by atoms with van der Waals surface area (Å²) in [5, 5.41) is 29.7. The third-order valence-electron chi connectivity index (χ3n) is 2.86. The Morgan fingerprint density at radius 2 is 1.38 bits per heavy atom. The summed E-state index contributed by atoms with van der Waals surface area (Å²) in [5.74, 6) is 0. The maximum absolute atomic E-state index is 9.11. The van der Waals surface area contributed by atoms with Gasteiger partial charge in [-0.05, 0) is 11.6 Å². The van der Waals surface area contributed by atoms with Gasteiger partial charge in [-0.1, -0.05) is 48.5 Å². The average Bonchev–Trinajstić information content (AvgIpc) is 2.56. The van der Waals surface area contributed by atoms with Crippen LogP contribution in [0, 0.1) is 34.0 Å². The van der Waals surface area contributed by atoms with Crippen molar-refractivity contribution in [3.63, 3.8) is 0 Å². The Bertz CT molecular complexity index is 783. The minimum absolute atomic E-state index is 0.0524. The van der Waals surface area contributed by atoms with Gasteiger partial charge in [0, 0.05) is 11.3 Å². The summed E-state index contributed by atoms with van der Waals surface area (Å²) >= 11 is 0. The third-order valence-corrected chi connectivity index (χ3v) is 2.86. The molecule has 4 heteroatoms. The molecule has 0 fully saturated rings. The molecule has 0 aliphatic rings. The molecule has 0 unspecified atom stereocenters. The second kappa shape index (κ2) is 6.57. The van der Waals surface area contributed by atoms with Gasteiger partial charge in [0.2, 0.25) is 0 Å². The molecule has 0 spiro atoms. The Hall–Kier alpha value is -3.55. The second-order valence-electron chi connectivity index (χ2n) is 4.12. The topological polar surface area (TPSA) is 83.4 Å². The number of nitriles is 3. The molecule has 0 amide bonds. The lowest BCUT2D eigenvalue weighted by molar-refractivity contribution is 1.37. The van der Waals surface area contributed by atoms with Crippen LogP contribution in [0.5, 0.6) is 0 Å². The largest absolute Gasteiger partial charge is 0.345 e. The fourth-order valence-electron chi connectivity index (χ4n) is 1.88. The number of para-hydroxylation sites is 1. The van der Waals surface area contributed by atoms with Crippen LogP contribution in [-0.2, 0) is 0 Å². The van der Waals surface area contributed by atoms with Crippen molar-refractivity contribution in [3.05, 3.63) is 65.9 Å². The van der Waals surface area contributed by atoms with E-state index in [9.17, 15) is 0 Å². The monoisotopic (exact) mass is 270 g/mol. The predicted molar refractivity (Wildman–Crippen MR) is 79.4 cm³/mol. The zero-order valence-corrected chi connectivity index (χ0v) is 11.0. The molecule has 2 aromatic rings. The van der Waals surface area contributed by atoms with Crippen LogP contribution >= 0.6 is 0 Å². The van der Waals surface area contributed by atoms with Crippen LogP contribution in [0.4, 0.5) is 5.69 Å².